The van der Waals surface area contributed by atoms with Crippen LogP contribution in [0.3, 0.4) is 0 Å². The Bertz CT molecular complexity index is 1370. The van der Waals surface area contributed by atoms with E-state index in [1.54, 1.807) is 26.2 Å². The molecule has 1 fully saturated rings. The Kier molecular flexibility index (Phi) is 4.70. The zero-order chi connectivity index (χ0) is 21.9. The lowest BCUT2D eigenvalue weighted by molar-refractivity contribution is 0.208. The maximum absolute atomic E-state index is 13.9. The van der Waals surface area contributed by atoms with Gasteiger partial charge in [0, 0.05) is 36.5 Å². The minimum Gasteiger partial charge on any atom is -0.489 e. The van der Waals surface area contributed by atoms with Crippen molar-refractivity contribution in [3.63, 3.8) is 0 Å². The Morgan fingerprint density at radius 2 is 1.90 bits per heavy atom. The van der Waals surface area contributed by atoms with E-state index in [4.69, 9.17) is 4.74 Å². The number of sulfone groups is 1. The summed E-state index contributed by atoms with van der Waals surface area (Å²) in [4.78, 5) is 12.6. The number of halogens is 1. The molecule has 31 heavy (non-hydrogen) atoms. The fraction of sp³-hybridized carbons (Fsp3) is 0.375. The number of benzene rings is 2. The van der Waals surface area contributed by atoms with Gasteiger partial charge in [0.1, 0.15) is 17.7 Å². The Labute approximate surface area is 180 Å². The number of ether oxygens (including phenoxy) is 1. The average molecular weight is 442 g/mol. The second-order valence-corrected chi connectivity index (χ2v) is 11.0. The molecule has 0 radical (unpaired) electrons. The quantitative estimate of drug-likeness (QED) is 0.601. The molecule has 1 aliphatic heterocycles. The van der Waals surface area contributed by atoms with Crippen molar-refractivity contribution in [2.24, 2.45) is 13.0 Å². The highest BCUT2D eigenvalue weighted by molar-refractivity contribution is 7.90. The van der Waals surface area contributed by atoms with E-state index in [1.165, 1.54) is 16.7 Å². The number of rotatable bonds is 5. The number of nitrogens with zero attached hydrogens (tertiary/aromatic N) is 1. The van der Waals surface area contributed by atoms with Gasteiger partial charge in [0.25, 0.3) is 5.56 Å². The third-order valence-corrected chi connectivity index (χ3v) is 7.98. The van der Waals surface area contributed by atoms with Crippen molar-refractivity contribution in [2.45, 2.75) is 38.0 Å². The second-order valence-electron chi connectivity index (χ2n) is 8.65. The van der Waals surface area contributed by atoms with E-state index in [0.717, 1.165) is 41.7 Å². The molecule has 2 heterocycles. The van der Waals surface area contributed by atoms with Crippen LogP contribution in [0.2, 0.25) is 0 Å². The van der Waals surface area contributed by atoms with Crippen molar-refractivity contribution >= 4 is 20.6 Å². The zero-order valence-electron chi connectivity index (χ0n) is 17.5. The summed E-state index contributed by atoms with van der Waals surface area (Å²) < 4.78 is 46.4. The number of pyridine rings is 1. The molecule has 1 aromatic heterocycles. The van der Waals surface area contributed by atoms with Gasteiger partial charge in [0.15, 0.2) is 9.84 Å². The van der Waals surface area contributed by atoms with Crippen molar-refractivity contribution in [2.75, 3.05) is 5.75 Å². The molecule has 0 spiro atoms. The molecule has 1 unspecified atom stereocenters. The highest BCUT2D eigenvalue weighted by Gasteiger charge is 2.38. The molecule has 1 aliphatic carbocycles. The maximum atomic E-state index is 13.9. The van der Waals surface area contributed by atoms with Crippen molar-refractivity contribution in [1.29, 1.82) is 0 Å². The highest BCUT2D eigenvalue weighted by Crippen LogP contribution is 2.47. The summed E-state index contributed by atoms with van der Waals surface area (Å²) in [5, 5.41) is 0.915. The van der Waals surface area contributed by atoms with Gasteiger partial charge >= 0.3 is 0 Å². The zero-order valence-corrected chi connectivity index (χ0v) is 18.3. The first-order chi connectivity index (χ1) is 14.8. The lowest BCUT2D eigenvalue weighted by Gasteiger charge is -2.16. The molecule has 7 heteroatoms. The van der Waals surface area contributed by atoms with Gasteiger partial charge in [0.05, 0.1) is 11.1 Å². The van der Waals surface area contributed by atoms with Crippen LogP contribution in [-0.2, 0) is 29.1 Å². The second kappa shape index (κ2) is 7.19. The molecular weight excluding hydrogens is 417 g/mol. The molecule has 162 valence electrons. The van der Waals surface area contributed by atoms with E-state index in [-0.39, 0.29) is 28.6 Å². The minimum atomic E-state index is -3.22. The number of aryl methyl sites for hydroxylation is 1. The van der Waals surface area contributed by atoms with Gasteiger partial charge < -0.3 is 9.30 Å². The molecule has 0 bridgehead atoms. The van der Waals surface area contributed by atoms with Gasteiger partial charge in [-0.05, 0) is 53.5 Å². The Morgan fingerprint density at radius 3 is 2.61 bits per heavy atom. The Balaban J connectivity index is 1.75. The van der Waals surface area contributed by atoms with Gasteiger partial charge in [-0.1, -0.05) is 19.1 Å². The number of aromatic nitrogens is 1. The molecular formula is C24H24FNO4S. The van der Waals surface area contributed by atoms with Crippen LogP contribution in [0, 0.1) is 11.7 Å². The summed E-state index contributed by atoms with van der Waals surface area (Å²) in [6, 6.07) is 7.99. The Hall–Kier alpha value is -2.67. The molecule has 0 N–H and O–H groups in total. The largest absolute Gasteiger partial charge is 0.489 e. The first kappa shape index (κ1) is 20.2. The van der Waals surface area contributed by atoms with Crippen LogP contribution in [0.5, 0.6) is 5.75 Å². The molecule has 0 saturated heterocycles. The molecule has 5 rings (SSSR count). The monoisotopic (exact) mass is 441 g/mol. The van der Waals surface area contributed by atoms with E-state index in [0.29, 0.717) is 16.9 Å². The third-order valence-electron chi connectivity index (χ3n) is 6.33. The smallest absolute Gasteiger partial charge is 0.258 e. The fourth-order valence-electron chi connectivity index (χ4n) is 4.48. The standard InChI is InChI=1S/C24H24FNO4S/c1-3-31(28,29)13-14-8-16-10-22(15-4-5-15)30-23(16)19(9-14)21-12-26(2)24(27)20-11-17(25)6-7-18(20)21/h6-9,11-12,15,22H,3-5,10,13H2,1-2H3. The van der Waals surface area contributed by atoms with Crippen LogP contribution in [-0.4, -0.2) is 24.8 Å². The van der Waals surface area contributed by atoms with Crippen LogP contribution >= 0.6 is 0 Å². The van der Waals surface area contributed by atoms with Crippen LogP contribution in [0.15, 0.2) is 41.3 Å². The molecule has 0 amide bonds. The van der Waals surface area contributed by atoms with Crippen molar-refractivity contribution < 1.29 is 17.5 Å². The summed E-state index contributed by atoms with van der Waals surface area (Å²) in [7, 11) is -1.58. The average Bonchev–Trinajstić information content (AvgIpc) is 3.49. The van der Waals surface area contributed by atoms with Crippen LogP contribution in [0.4, 0.5) is 4.39 Å². The molecule has 2 aliphatic rings. The minimum absolute atomic E-state index is 0.0454. The maximum Gasteiger partial charge on any atom is 0.258 e. The topological polar surface area (TPSA) is 65.4 Å². The molecule has 1 atom stereocenters. The van der Waals surface area contributed by atoms with E-state index in [2.05, 4.69) is 0 Å². The van der Waals surface area contributed by atoms with Gasteiger partial charge in [-0.25, -0.2) is 12.8 Å². The van der Waals surface area contributed by atoms with Crippen LogP contribution in [0.1, 0.15) is 30.9 Å². The first-order valence-electron chi connectivity index (χ1n) is 10.6. The number of fused-ring (bicyclic) bond motifs is 2. The highest BCUT2D eigenvalue weighted by atomic mass is 32.2. The molecule has 5 nitrogen and oxygen atoms in total. The number of hydrogen-bond acceptors (Lipinski definition) is 4. The van der Waals surface area contributed by atoms with Crippen molar-refractivity contribution in [3.05, 3.63) is 63.8 Å². The van der Waals surface area contributed by atoms with Crippen LogP contribution < -0.4 is 10.3 Å². The van der Waals surface area contributed by atoms with Gasteiger partial charge in [-0.2, -0.15) is 0 Å². The molecule has 1 saturated carbocycles. The lowest BCUT2D eigenvalue weighted by atomic mass is 9.95. The summed E-state index contributed by atoms with van der Waals surface area (Å²) in [5.41, 5.74) is 2.92. The predicted molar refractivity (Wildman–Crippen MR) is 119 cm³/mol. The number of hydrogen-bond donors (Lipinski definition) is 0. The predicted octanol–water partition coefficient (Wildman–Crippen LogP) is 3.99. The normalized spacial score (nSPS) is 18.2. The lowest BCUT2D eigenvalue weighted by Crippen LogP contribution is -2.17. The fourth-order valence-corrected chi connectivity index (χ4v) is 5.36. The van der Waals surface area contributed by atoms with Crippen molar-refractivity contribution in [3.8, 4) is 16.9 Å². The summed E-state index contributed by atoms with van der Waals surface area (Å²) >= 11 is 0. The summed E-state index contributed by atoms with van der Waals surface area (Å²) in [6.45, 7) is 1.64. The van der Waals surface area contributed by atoms with E-state index in [1.807, 2.05) is 12.1 Å². The molecule has 2 aromatic carbocycles. The Morgan fingerprint density at radius 1 is 1.13 bits per heavy atom. The van der Waals surface area contributed by atoms with E-state index in [9.17, 15) is 17.6 Å². The summed E-state index contributed by atoms with van der Waals surface area (Å²) in [6.07, 6.45) is 4.87. The van der Waals surface area contributed by atoms with E-state index >= 15 is 0 Å². The van der Waals surface area contributed by atoms with Gasteiger partial charge in [-0.3, -0.25) is 4.79 Å². The van der Waals surface area contributed by atoms with Crippen molar-refractivity contribution in [1.82, 2.24) is 4.57 Å². The first-order valence-corrected chi connectivity index (χ1v) is 12.4. The molecule has 3 aromatic rings. The summed E-state index contributed by atoms with van der Waals surface area (Å²) in [5.74, 6) is 0.839. The van der Waals surface area contributed by atoms with E-state index < -0.39 is 15.7 Å². The third kappa shape index (κ3) is 3.65. The van der Waals surface area contributed by atoms with Gasteiger partial charge in [0.2, 0.25) is 0 Å². The van der Waals surface area contributed by atoms with Crippen LogP contribution in [0.25, 0.3) is 21.9 Å². The van der Waals surface area contributed by atoms with Gasteiger partial charge in [-0.15, -0.1) is 0 Å². The SMILES string of the molecule is CCS(=O)(=O)Cc1cc2c(c(-c3cn(C)c(=O)c4cc(F)ccc34)c1)OC(C1CC1)C2.